The van der Waals surface area contributed by atoms with Crippen molar-refractivity contribution in [3.63, 3.8) is 0 Å². The number of piperidine rings is 1. The number of nitrogens with zero attached hydrogens (tertiary/aromatic N) is 1. The molecule has 1 aliphatic rings. The minimum absolute atomic E-state index is 0.0671. The molecule has 2 N–H and O–H groups in total. The molecule has 1 saturated heterocycles. The van der Waals surface area contributed by atoms with Crippen molar-refractivity contribution in [2.45, 2.75) is 25.9 Å². The number of halogens is 1. The quantitative estimate of drug-likeness (QED) is 0.852. The first-order valence-electron chi connectivity index (χ1n) is 6.58. The lowest BCUT2D eigenvalue weighted by Crippen LogP contribution is -2.43. The molecule has 4 nitrogen and oxygen atoms in total. The number of amides is 1. The Morgan fingerprint density at radius 3 is 3.11 bits per heavy atom. The third-order valence-corrected chi connectivity index (χ3v) is 3.35. The van der Waals surface area contributed by atoms with E-state index in [1.807, 2.05) is 6.92 Å². The van der Waals surface area contributed by atoms with E-state index >= 15 is 0 Å². The number of anilines is 1. The van der Waals surface area contributed by atoms with Crippen LogP contribution in [0.1, 0.15) is 30.1 Å². The number of ether oxygens (including phenoxy) is 1. The summed E-state index contributed by atoms with van der Waals surface area (Å²) in [5.41, 5.74) is 5.79. The minimum Gasteiger partial charge on any atom is -0.396 e. The van der Waals surface area contributed by atoms with Crippen LogP contribution in [0, 0.1) is 5.82 Å². The van der Waals surface area contributed by atoms with E-state index in [1.165, 1.54) is 12.1 Å². The topological polar surface area (TPSA) is 55.6 Å². The van der Waals surface area contributed by atoms with Gasteiger partial charge in [0.25, 0.3) is 5.91 Å². The largest absolute Gasteiger partial charge is 0.396 e. The Morgan fingerprint density at radius 1 is 1.58 bits per heavy atom. The molecular formula is C14H19FN2O2. The van der Waals surface area contributed by atoms with Crippen molar-refractivity contribution in [3.8, 4) is 0 Å². The van der Waals surface area contributed by atoms with Crippen LogP contribution in [0.25, 0.3) is 0 Å². The lowest BCUT2D eigenvalue weighted by Gasteiger charge is -2.32. The van der Waals surface area contributed by atoms with Crippen LogP contribution in [0.3, 0.4) is 0 Å². The Kier molecular flexibility index (Phi) is 4.37. The van der Waals surface area contributed by atoms with Crippen molar-refractivity contribution >= 4 is 11.6 Å². The predicted molar refractivity (Wildman–Crippen MR) is 71.4 cm³/mol. The van der Waals surface area contributed by atoms with Gasteiger partial charge in [0.2, 0.25) is 0 Å². The first-order chi connectivity index (χ1) is 9.13. The maximum Gasteiger partial charge on any atom is 0.256 e. The summed E-state index contributed by atoms with van der Waals surface area (Å²) in [6.45, 7) is 3.78. The highest BCUT2D eigenvalue weighted by atomic mass is 19.1. The molecule has 0 bridgehead atoms. The van der Waals surface area contributed by atoms with Gasteiger partial charge in [-0.2, -0.15) is 0 Å². The summed E-state index contributed by atoms with van der Waals surface area (Å²) in [4.78, 5) is 14.0. The van der Waals surface area contributed by atoms with E-state index in [2.05, 4.69) is 0 Å². The molecule has 1 unspecified atom stereocenters. The van der Waals surface area contributed by atoms with Gasteiger partial charge in [-0.05, 0) is 31.9 Å². The second kappa shape index (κ2) is 6.02. The molecule has 5 heteroatoms. The van der Waals surface area contributed by atoms with E-state index in [0.29, 0.717) is 19.7 Å². The maximum atomic E-state index is 13.4. The summed E-state index contributed by atoms with van der Waals surface area (Å²) in [7, 11) is 0. The summed E-state index contributed by atoms with van der Waals surface area (Å²) >= 11 is 0. The van der Waals surface area contributed by atoms with Crippen molar-refractivity contribution in [2.75, 3.05) is 25.4 Å². The highest BCUT2D eigenvalue weighted by Crippen LogP contribution is 2.21. The fourth-order valence-electron chi connectivity index (χ4n) is 2.39. The fraction of sp³-hybridized carbons (Fsp3) is 0.500. The smallest absolute Gasteiger partial charge is 0.256 e. The molecule has 19 heavy (non-hydrogen) atoms. The van der Waals surface area contributed by atoms with Crippen LogP contribution in [0.4, 0.5) is 10.1 Å². The van der Waals surface area contributed by atoms with Crippen LogP contribution in [-0.2, 0) is 4.74 Å². The third-order valence-electron chi connectivity index (χ3n) is 3.35. The normalized spacial score (nSPS) is 19.5. The molecule has 0 aromatic heterocycles. The number of nitrogen functional groups attached to an aromatic ring is 1. The van der Waals surface area contributed by atoms with E-state index in [0.717, 1.165) is 12.8 Å². The first kappa shape index (κ1) is 13.8. The van der Waals surface area contributed by atoms with Gasteiger partial charge in [-0.3, -0.25) is 4.79 Å². The Hall–Kier alpha value is -1.62. The van der Waals surface area contributed by atoms with Gasteiger partial charge in [-0.25, -0.2) is 4.39 Å². The van der Waals surface area contributed by atoms with Crippen molar-refractivity contribution < 1.29 is 13.9 Å². The Morgan fingerprint density at radius 2 is 2.37 bits per heavy atom. The van der Waals surface area contributed by atoms with Crippen molar-refractivity contribution in [2.24, 2.45) is 0 Å². The molecule has 0 spiro atoms. The molecule has 1 aromatic carbocycles. The summed E-state index contributed by atoms with van der Waals surface area (Å²) in [5.74, 6) is -0.773. The monoisotopic (exact) mass is 266 g/mol. The van der Waals surface area contributed by atoms with Crippen LogP contribution in [0.2, 0.25) is 0 Å². The zero-order chi connectivity index (χ0) is 13.8. The molecule has 1 aromatic rings. The van der Waals surface area contributed by atoms with Gasteiger partial charge in [-0.15, -0.1) is 0 Å². The number of carbonyl (C=O) groups is 1. The molecule has 0 aliphatic carbocycles. The SMILES string of the molecule is CCOC1CCCN(C(=O)c2cccc(F)c2N)C1. The number of benzene rings is 1. The Balaban J connectivity index is 2.12. The van der Waals surface area contributed by atoms with Crippen molar-refractivity contribution in [1.29, 1.82) is 0 Å². The molecule has 2 rings (SSSR count). The molecule has 0 radical (unpaired) electrons. The maximum absolute atomic E-state index is 13.4. The van der Waals surface area contributed by atoms with E-state index in [4.69, 9.17) is 10.5 Å². The van der Waals surface area contributed by atoms with Gasteiger partial charge in [0, 0.05) is 19.7 Å². The van der Waals surface area contributed by atoms with Gasteiger partial charge in [0.15, 0.2) is 0 Å². The summed E-state index contributed by atoms with van der Waals surface area (Å²) < 4.78 is 18.9. The number of likely N-dealkylation sites (tertiary alicyclic amines) is 1. The molecule has 1 fully saturated rings. The number of nitrogens with two attached hydrogens (primary N) is 1. The van der Waals surface area contributed by atoms with Gasteiger partial charge in [-0.1, -0.05) is 6.07 Å². The molecule has 1 aliphatic heterocycles. The zero-order valence-corrected chi connectivity index (χ0v) is 11.1. The number of hydrogen-bond donors (Lipinski definition) is 1. The Bertz CT molecular complexity index is 463. The highest BCUT2D eigenvalue weighted by molar-refractivity contribution is 5.99. The van der Waals surface area contributed by atoms with Gasteiger partial charge in [0.1, 0.15) is 5.82 Å². The molecule has 0 saturated carbocycles. The number of para-hydroxylation sites is 1. The lowest BCUT2D eigenvalue weighted by molar-refractivity contribution is 0.00727. The van der Waals surface area contributed by atoms with E-state index < -0.39 is 5.82 Å². The Labute approximate surface area is 112 Å². The number of hydrogen-bond acceptors (Lipinski definition) is 3. The van der Waals surface area contributed by atoms with E-state index in [1.54, 1.807) is 11.0 Å². The van der Waals surface area contributed by atoms with Crippen LogP contribution in [0.5, 0.6) is 0 Å². The molecule has 1 amide bonds. The summed E-state index contributed by atoms with van der Waals surface area (Å²) in [6, 6.07) is 4.32. The van der Waals surface area contributed by atoms with Gasteiger partial charge in [0.05, 0.1) is 17.4 Å². The van der Waals surface area contributed by atoms with Gasteiger partial charge >= 0.3 is 0 Å². The molecule has 1 heterocycles. The predicted octanol–water partition coefficient (Wildman–Crippen LogP) is 2.05. The second-order valence-corrected chi connectivity index (χ2v) is 4.67. The lowest BCUT2D eigenvalue weighted by atomic mass is 10.1. The first-order valence-corrected chi connectivity index (χ1v) is 6.58. The van der Waals surface area contributed by atoms with Crippen LogP contribution in [0.15, 0.2) is 18.2 Å². The average Bonchev–Trinajstić information content (AvgIpc) is 2.42. The average molecular weight is 266 g/mol. The third kappa shape index (κ3) is 3.04. The summed E-state index contributed by atoms with van der Waals surface area (Å²) in [6.07, 6.45) is 1.92. The van der Waals surface area contributed by atoms with Crippen LogP contribution in [-0.4, -0.2) is 36.6 Å². The zero-order valence-electron chi connectivity index (χ0n) is 11.1. The molecule has 1 atom stereocenters. The minimum atomic E-state index is -0.552. The van der Waals surface area contributed by atoms with Crippen LogP contribution < -0.4 is 5.73 Å². The van der Waals surface area contributed by atoms with Crippen LogP contribution >= 0.6 is 0 Å². The second-order valence-electron chi connectivity index (χ2n) is 4.67. The standard InChI is InChI=1S/C14H19FN2O2/c1-2-19-10-5-4-8-17(9-10)14(18)11-6-3-7-12(15)13(11)16/h3,6-7,10H,2,4-5,8-9,16H2,1H3. The van der Waals surface area contributed by atoms with E-state index in [9.17, 15) is 9.18 Å². The van der Waals surface area contributed by atoms with Gasteiger partial charge < -0.3 is 15.4 Å². The molecule has 104 valence electrons. The van der Waals surface area contributed by atoms with E-state index in [-0.39, 0.29) is 23.3 Å². The summed E-state index contributed by atoms with van der Waals surface area (Å²) in [5, 5.41) is 0. The highest BCUT2D eigenvalue weighted by Gasteiger charge is 2.26. The van der Waals surface area contributed by atoms with Crippen molar-refractivity contribution in [1.82, 2.24) is 4.90 Å². The van der Waals surface area contributed by atoms with Crippen molar-refractivity contribution in [3.05, 3.63) is 29.6 Å². The molecular weight excluding hydrogens is 247 g/mol. The number of rotatable bonds is 3. The number of carbonyl (C=O) groups excluding carboxylic acids is 1. The fourth-order valence-corrected chi connectivity index (χ4v) is 2.39.